The number of hydrogen-bond acceptors (Lipinski definition) is 22. The van der Waals surface area contributed by atoms with Crippen LogP contribution < -0.4 is 0 Å². The molecule has 24 nitrogen and oxygen atoms in total. The van der Waals surface area contributed by atoms with Crippen LogP contribution in [0.25, 0.3) is 20.4 Å². The number of rotatable bonds is 12. The van der Waals surface area contributed by atoms with Gasteiger partial charge < -0.3 is 61.2 Å². The SMILES string of the molecule is CCC(C)=O.COC(=O)C(C#N)CC(C)=O.COC(=O)CC#N.COC(=O)CS.COC(=O)c1cc(C)[nH]c1Cl.COC(=O)c1cc(C)n(C)c1Cl.COC(=O)c1cc2c(C3CCCCC3)c(C)n(C)c2s1.COC(=O)c1cc2cc(C)n(C)c2s1.Cc1cc(C=O)c(Cl)n1C. The average molecular weight is 1450 g/mol. The van der Waals surface area contributed by atoms with Gasteiger partial charge in [0.15, 0.2) is 12.2 Å². The predicted octanol–water partition coefficient (Wildman–Crippen LogP) is 13.5. The Labute approximate surface area is 588 Å². The Bertz CT molecular complexity index is 3840. The van der Waals surface area contributed by atoms with Crippen molar-refractivity contribution in [3.05, 3.63) is 112 Å². The first-order valence-corrected chi connectivity index (χ1v) is 32.6. The van der Waals surface area contributed by atoms with E-state index in [1.807, 2.05) is 60.8 Å². The van der Waals surface area contributed by atoms with E-state index in [-0.39, 0.29) is 48.1 Å². The molecule has 0 saturated heterocycles. The van der Waals surface area contributed by atoms with Crippen molar-refractivity contribution in [2.24, 2.45) is 34.1 Å². The van der Waals surface area contributed by atoms with Gasteiger partial charge in [-0.1, -0.05) is 61.0 Å². The Balaban J connectivity index is 0.00000109. The summed E-state index contributed by atoms with van der Waals surface area (Å²) in [4.78, 5) is 113. The van der Waals surface area contributed by atoms with Crippen molar-refractivity contribution >= 4 is 150 Å². The summed E-state index contributed by atoms with van der Waals surface area (Å²) in [7, 11) is 17.0. The van der Waals surface area contributed by atoms with Gasteiger partial charge in [-0.25, -0.2) is 19.2 Å². The lowest BCUT2D eigenvalue weighted by atomic mass is 9.83. The number of ether oxygens (including phenoxy) is 7. The van der Waals surface area contributed by atoms with Gasteiger partial charge in [-0.2, -0.15) is 23.2 Å². The minimum absolute atomic E-state index is 0.0663. The van der Waals surface area contributed by atoms with Gasteiger partial charge in [0.25, 0.3) is 0 Å². The third kappa shape index (κ3) is 27.9. The second-order valence-electron chi connectivity index (χ2n) is 20.7. The fourth-order valence-corrected chi connectivity index (χ4v) is 11.4. The normalized spacial score (nSPS) is 11.1. The predicted molar refractivity (Wildman–Crippen MR) is 374 cm³/mol. The van der Waals surface area contributed by atoms with E-state index < -0.39 is 29.8 Å². The summed E-state index contributed by atoms with van der Waals surface area (Å²) >= 11 is 23.9. The van der Waals surface area contributed by atoms with Crippen molar-refractivity contribution < 1.29 is 81.1 Å². The molecule has 0 aromatic carbocycles. The number of nitrogens with one attached hydrogen (secondary N) is 1. The lowest BCUT2D eigenvalue weighted by molar-refractivity contribution is -0.145. The number of thiophene rings is 2. The maximum atomic E-state index is 11.7. The number of aldehydes is 1. The highest BCUT2D eigenvalue weighted by Gasteiger charge is 2.26. The number of halogens is 3. The number of carbonyl (C=O) groups excluding carboxylic acids is 10. The number of fused-ring (bicyclic) bond motifs is 2. The molecule has 7 aromatic heterocycles. The summed E-state index contributed by atoms with van der Waals surface area (Å²) in [6, 6.07) is 14.4. The molecule has 0 aliphatic heterocycles. The molecule has 526 valence electrons. The first-order chi connectivity index (χ1) is 45.1. The van der Waals surface area contributed by atoms with Crippen LogP contribution in [0.5, 0.6) is 0 Å². The van der Waals surface area contributed by atoms with Gasteiger partial charge in [0, 0.05) is 80.3 Å². The van der Waals surface area contributed by atoms with E-state index in [4.69, 9.17) is 50.1 Å². The second kappa shape index (κ2) is 45.3. The van der Waals surface area contributed by atoms with Crippen molar-refractivity contribution in [1.82, 2.24) is 23.3 Å². The number of ketones is 2. The summed E-state index contributed by atoms with van der Waals surface area (Å²) in [5, 5.41) is 19.8. The van der Waals surface area contributed by atoms with Gasteiger partial charge in [-0.05, 0) is 109 Å². The van der Waals surface area contributed by atoms with Gasteiger partial charge in [-0.3, -0.25) is 24.0 Å². The summed E-state index contributed by atoms with van der Waals surface area (Å²) in [5.74, 6) is -2.79. The Morgan fingerprint density at radius 3 is 1.47 bits per heavy atom. The molecule has 1 aliphatic rings. The van der Waals surface area contributed by atoms with Crippen molar-refractivity contribution in [1.29, 1.82) is 10.5 Å². The highest BCUT2D eigenvalue weighted by molar-refractivity contribution is 7.81. The van der Waals surface area contributed by atoms with Crippen LogP contribution in [-0.4, -0.2) is 138 Å². The lowest BCUT2D eigenvalue weighted by Gasteiger charge is -2.22. The maximum Gasteiger partial charge on any atom is 0.348 e. The van der Waals surface area contributed by atoms with E-state index in [0.717, 1.165) is 33.6 Å². The van der Waals surface area contributed by atoms with E-state index in [1.54, 1.807) is 64.8 Å². The molecule has 96 heavy (non-hydrogen) atoms. The molecule has 0 bridgehead atoms. The summed E-state index contributed by atoms with van der Waals surface area (Å²) < 4.78 is 39.0. The van der Waals surface area contributed by atoms with E-state index >= 15 is 0 Å². The second-order valence-corrected chi connectivity index (χ2v) is 24.1. The van der Waals surface area contributed by atoms with Crippen LogP contribution >= 0.6 is 70.1 Å². The number of nitriles is 2. The van der Waals surface area contributed by atoms with E-state index in [0.29, 0.717) is 54.2 Å². The summed E-state index contributed by atoms with van der Waals surface area (Å²) in [5.41, 5.74) is 8.14. The number of aryl methyl sites for hydroxylation is 6. The zero-order valence-corrected chi connectivity index (χ0v) is 62.4. The first-order valence-electron chi connectivity index (χ1n) is 29.2. The van der Waals surface area contributed by atoms with Crippen LogP contribution in [0.2, 0.25) is 15.5 Å². The molecule has 1 unspecified atom stereocenters. The molecule has 0 radical (unpaired) electrons. The molecule has 0 spiro atoms. The zero-order chi connectivity index (χ0) is 73.9. The molecule has 1 atom stereocenters. The highest BCUT2D eigenvalue weighted by atomic mass is 35.5. The van der Waals surface area contributed by atoms with Crippen LogP contribution in [-0.2, 0) is 85.3 Å². The van der Waals surface area contributed by atoms with Gasteiger partial charge in [0.1, 0.15) is 52.9 Å². The minimum atomic E-state index is -0.947. The fourth-order valence-electron chi connectivity index (χ4n) is 8.30. The Morgan fingerprint density at radius 2 is 1.11 bits per heavy atom. The largest absolute Gasteiger partial charge is 0.468 e. The van der Waals surface area contributed by atoms with Gasteiger partial charge in [-0.15, -0.1) is 22.7 Å². The monoisotopic (exact) mass is 1450 g/mol. The topological polar surface area (TPSA) is 318 Å². The number of carbonyl (C=O) groups is 10. The fraction of sp³-hybridized carbons (Fsp3) is 0.455. The maximum absolute atomic E-state index is 11.7. The smallest absolute Gasteiger partial charge is 0.348 e. The number of esters is 7. The Morgan fingerprint density at radius 1 is 0.625 bits per heavy atom. The zero-order valence-electron chi connectivity index (χ0n) is 57.6. The molecule has 1 aliphatic carbocycles. The number of hydrogen-bond donors (Lipinski definition) is 2. The molecule has 1 saturated carbocycles. The van der Waals surface area contributed by atoms with Crippen molar-refractivity contribution in [3.8, 4) is 12.1 Å². The van der Waals surface area contributed by atoms with Crippen LogP contribution in [0.1, 0.15) is 163 Å². The van der Waals surface area contributed by atoms with E-state index in [1.165, 1.54) is 127 Å². The third-order valence-electron chi connectivity index (χ3n) is 14.0. The number of nitrogens with zero attached hydrogens (tertiary/aromatic N) is 6. The number of Topliss-reactive ketones (excluding diaryl/α,β-unsaturated/α-hetero) is 2. The molecular weight excluding hydrogens is 1370 g/mol. The number of H-pyrrole nitrogens is 1. The number of aromatic amines is 1. The molecule has 30 heteroatoms. The molecule has 8 rings (SSSR count). The molecule has 7 heterocycles. The minimum Gasteiger partial charge on any atom is -0.468 e. The van der Waals surface area contributed by atoms with Crippen LogP contribution in [0.3, 0.4) is 0 Å². The first kappa shape index (κ1) is 87.8. The number of aromatic nitrogens is 5. The number of thiol groups is 1. The van der Waals surface area contributed by atoms with Gasteiger partial charge in [0.05, 0.1) is 84.4 Å². The molecule has 1 fully saturated rings. The van der Waals surface area contributed by atoms with Crippen molar-refractivity contribution in [2.45, 2.75) is 113 Å². The van der Waals surface area contributed by atoms with Crippen molar-refractivity contribution in [2.75, 3.05) is 55.5 Å². The molecule has 1 N–H and O–H groups in total. The average Bonchev–Trinajstić information content (AvgIpc) is 1.61. The van der Waals surface area contributed by atoms with Crippen LogP contribution in [0.15, 0.2) is 36.4 Å². The van der Waals surface area contributed by atoms with Gasteiger partial charge in [0.2, 0.25) is 0 Å². The summed E-state index contributed by atoms with van der Waals surface area (Å²) in [6.45, 7) is 14.6. The Kier molecular flexibility index (Phi) is 41.4. The van der Waals surface area contributed by atoms with Crippen LogP contribution in [0.4, 0.5) is 0 Å². The van der Waals surface area contributed by atoms with E-state index in [2.05, 4.69) is 75.2 Å². The standard InChI is InChI=1S/C16H21NO2S.C10H11NO2S.C8H10ClNO2.C7H8ClNO2.C7H8ClNO.C7H9NO3.C4H5NO2.C4H8O.C3H6O2S/c1-10-14(11-7-5-4-6-8-11)12-9-13(16(18)19-3)20-15(12)17(10)2;1-6-4-7-5-8(10(12)13-3)14-9(7)11(6)2;1-5-4-6(8(11)12-3)7(9)10(5)2;1-4-3-5(6(8)9-4)7(10)11-2;1-5-3-6(4-10)7(8)9(5)2;1-5(9)3-6(4-8)7(10)11-2;1-7-4(6)2-3-5;1-3-4(2)5;1-5-3(4)2-6/h9,11H,4-8H2,1-3H3;4-5H,1-3H3;4H,1-3H3;3,9H,1-2H3;3-4H,1-2H3;6H,3H2,1-2H3;2H2,1H3;3H2,1-2H3;6H,2H2,1H3. The molecular formula is C66H86Cl3N7O17S3. The molecule has 0 amide bonds. The quantitative estimate of drug-likeness (QED) is 0.0497. The number of methoxy groups -OCH3 is 7. The van der Waals surface area contributed by atoms with Crippen molar-refractivity contribution in [3.63, 3.8) is 0 Å². The summed E-state index contributed by atoms with van der Waals surface area (Å²) in [6.07, 6.45) is 7.78. The third-order valence-corrected chi connectivity index (χ3v) is 17.9. The van der Waals surface area contributed by atoms with Gasteiger partial charge >= 0.3 is 41.8 Å². The lowest BCUT2D eigenvalue weighted by Crippen LogP contribution is -2.16. The van der Waals surface area contributed by atoms with E-state index in [9.17, 15) is 47.9 Å². The molecule has 7 aromatic rings. The highest BCUT2D eigenvalue weighted by Crippen LogP contribution is 2.42. The Hall–Kier alpha value is -8.18. The van der Waals surface area contributed by atoms with Crippen LogP contribution in [0, 0.1) is 63.2 Å².